The molecule has 0 spiro atoms. The zero-order valence-corrected chi connectivity index (χ0v) is 13.8. The van der Waals surface area contributed by atoms with Crippen LogP contribution in [0.2, 0.25) is 0 Å². The molecule has 8 heteroatoms. The average Bonchev–Trinajstić information content (AvgIpc) is 2.61. The van der Waals surface area contributed by atoms with Crippen molar-refractivity contribution in [2.24, 2.45) is 0 Å². The Kier molecular flexibility index (Phi) is 4.92. The molecule has 26 heavy (non-hydrogen) atoms. The third kappa shape index (κ3) is 4.19. The van der Waals surface area contributed by atoms with Crippen molar-refractivity contribution in [1.29, 1.82) is 0 Å². The first-order chi connectivity index (χ1) is 12.3. The number of fused-ring (bicyclic) bond motifs is 1. The van der Waals surface area contributed by atoms with Crippen molar-refractivity contribution in [1.82, 2.24) is 0 Å². The maximum atomic E-state index is 12.5. The summed E-state index contributed by atoms with van der Waals surface area (Å²) in [6, 6.07) is 9.15. The molecule has 0 bridgehead atoms. The maximum Gasteiger partial charge on any atom is 0.416 e. The molecule has 1 N–H and O–H groups in total. The van der Waals surface area contributed by atoms with E-state index in [2.05, 4.69) is 5.32 Å². The summed E-state index contributed by atoms with van der Waals surface area (Å²) >= 11 is 0. The second-order valence-electron chi connectivity index (χ2n) is 5.63. The van der Waals surface area contributed by atoms with E-state index in [0.29, 0.717) is 30.4 Å². The normalized spacial score (nSPS) is 14.5. The Morgan fingerprint density at radius 1 is 1.08 bits per heavy atom. The first-order valence-electron chi connectivity index (χ1n) is 7.87. The van der Waals surface area contributed by atoms with E-state index in [-0.39, 0.29) is 5.75 Å². The summed E-state index contributed by atoms with van der Waals surface area (Å²) in [6.45, 7) is 2.40. The summed E-state index contributed by atoms with van der Waals surface area (Å²) in [6.07, 6.45) is -5.32. The SMILES string of the molecule is C[C@H](Oc1ccc(C(F)(F)F)cc1)C(=O)Nc1ccc2c(c1)OCCO2. The molecule has 1 atom stereocenters. The number of hydrogen-bond donors (Lipinski definition) is 1. The smallest absolute Gasteiger partial charge is 0.416 e. The van der Waals surface area contributed by atoms with Crippen molar-refractivity contribution in [3.05, 3.63) is 48.0 Å². The number of carbonyl (C=O) groups excluding carboxylic acids is 1. The van der Waals surface area contributed by atoms with Crippen LogP contribution in [0.4, 0.5) is 18.9 Å². The summed E-state index contributed by atoms with van der Waals surface area (Å²) < 4.78 is 53.9. The summed E-state index contributed by atoms with van der Waals surface area (Å²) in [4.78, 5) is 12.2. The lowest BCUT2D eigenvalue weighted by atomic mass is 10.2. The highest BCUT2D eigenvalue weighted by atomic mass is 19.4. The van der Waals surface area contributed by atoms with Crippen LogP contribution in [0.3, 0.4) is 0 Å². The maximum absolute atomic E-state index is 12.5. The van der Waals surface area contributed by atoms with E-state index >= 15 is 0 Å². The highest BCUT2D eigenvalue weighted by molar-refractivity contribution is 5.94. The molecule has 2 aromatic rings. The number of hydrogen-bond acceptors (Lipinski definition) is 4. The van der Waals surface area contributed by atoms with Crippen molar-refractivity contribution in [3.8, 4) is 17.2 Å². The monoisotopic (exact) mass is 367 g/mol. The van der Waals surface area contributed by atoms with E-state index in [1.807, 2.05) is 0 Å². The summed E-state index contributed by atoms with van der Waals surface area (Å²) in [5.41, 5.74) is -0.277. The number of ether oxygens (including phenoxy) is 3. The highest BCUT2D eigenvalue weighted by Gasteiger charge is 2.30. The first kappa shape index (κ1) is 17.9. The van der Waals surface area contributed by atoms with Crippen molar-refractivity contribution >= 4 is 11.6 Å². The number of rotatable bonds is 4. The van der Waals surface area contributed by atoms with E-state index in [1.165, 1.54) is 19.1 Å². The standard InChI is InChI=1S/C18H16F3NO4/c1-11(26-14-5-2-12(3-6-14)18(19,20)21)17(23)22-13-4-7-15-16(10-13)25-9-8-24-15/h2-7,10-11H,8-9H2,1H3,(H,22,23)/t11-/m0/s1. The second-order valence-corrected chi connectivity index (χ2v) is 5.63. The van der Waals surface area contributed by atoms with Crippen molar-refractivity contribution < 1.29 is 32.2 Å². The van der Waals surface area contributed by atoms with Crippen LogP contribution in [0.5, 0.6) is 17.2 Å². The lowest BCUT2D eigenvalue weighted by molar-refractivity contribution is -0.137. The zero-order valence-electron chi connectivity index (χ0n) is 13.8. The number of benzene rings is 2. The van der Waals surface area contributed by atoms with E-state index in [0.717, 1.165) is 12.1 Å². The molecule has 1 heterocycles. The predicted octanol–water partition coefficient (Wildman–Crippen LogP) is 3.88. The van der Waals surface area contributed by atoms with Gasteiger partial charge in [0.25, 0.3) is 5.91 Å². The van der Waals surface area contributed by atoms with E-state index in [4.69, 9.17) is 14.2 Å². The topological polar surface area (TPSA) is 56.8 Å². The van der Waals surface area contributed by atoms with Crippen LogP contribution >= 0.6 is 0 Å². The molecule has 0 aliphatic carbocycles. The molecule has 0 unspecified atom stereocenters. The third-order valence-electron chi connectivity index (χ3n) is 3.67. The Morgan fingerprint density at radius 2 is 1.73 bits per heavy atom. The first-order valence-corrected chi connectivity index (χ1v) is 7.87. The number of carbonyl (C=O) groups is 1. The largest absolute Gasteiger partial charge is 0.486 e. The van der Waals surface area contributed by atoms with Gasteiger partial charge in [0, 0.05) is 11.8 Å². The summed E-state index contributed by atoms with van der Waals surface area (Å²) in [7, 11) is 0. The Balaban J connectivity index is 1.61. The molecule has 0 radical (unpaired) electrons. The minimum absolute atomic E-state index is 0.169. The van der Waals surface area contributed by atoms with Gasteiger partial charge < -0.3 is 19.5 Å². The molecule has 0 saturated carbocycles. The minimum atomic E-state index is -4.42. The highest BCUT2D eigenvalue weighted by Crippen LogP contribution is 2.33. The summed E-state index contributed by atoms with van der Waals surface area (Å²) in [5, 5.41) is 2.67. The molecular weight excluding hydrogens is 351 g/mol. The van der Waals surface area contributed by atoms with Gasteiger partial charge in [0.15, 0.2) is 17.6 Å². The van der Waals surface area contributed by atoms with Gasteiger partial charge in [0.1, 0.15) is 19.0 Å². The fourth-order valence-corrected chi connectivity index (χ4v) is 2.35. The molecule has 2 aromatic carbocycles. The molecule has 138 valence electrons. The lowest BCUT2D eigenvalue weighted by Crippen LogP contribution is -2.30. The molecule has 0 saturated heterocycles. The molecule has 5 nitrogen and oxygen atoms in total. The van der Waals surface area contributed by atoms with E-state index < -0.39 is 23.8 Å². The van der Waals surface area contributed by atoms with E-state index in [1.54, 1.807) is 18.2 Å². The van der Waals surface area contributed by atoms with Crippen LogP contribution in [0.25, 0.3) is 0 Å². The number of amides is 1. The van der Waals surface area contributed by atoms with Gasteiger partial charge in [-0.3, -0.25) is 4.79 Å². The Bertz CT molecular complexity index is 790. The average molecular weight is 367 g/mol. The number of nitrogens with one attached hydrogen (secondary N) is 1. The van der Waals surface area contributed by atoms with Crippen LogP contribution in [0.1, 0.15) is 12.5 Å². The summed E-state index contributed by atoms with van der Waals surface area (Å²) in [5.74, 6) is 0.859. The molecule has 0 aromatic heterocycles. The fourth-order valence-electron chi connectivity index (χ4n) is 2.35. The molecule has 1 amide bonds. The molecule has 1 aliphatic rings. The molecule has 0 fully saturated rings. The lowest BCUT2D eigenvalue weighted by Gasteiger charge is -2.20. The van der Waals surface area contributed by atoms with Crippen molar-refractivity contribution in [2.75, 3.05) is 18.5 Å². The van der Waals surface area contributed by atoms with Crippen LogP contribution in [0.15, 0.2) is 42.5 Å². The van der Waals surface area contributed by atoms with Crippen LogP contribution < -0.4 is 19.5 Å². The molecular formula is C18H16F3NO4. The van der Waals surface area contributed by atoms with Crippen LogP contribution in [0, 0.1) is 0 Å². The van der Waals surface area contributed by atoms with Gasteiger partial charge in [0.05, 0.1) is 5.56 Å². The number of halogens is 3. The third-order valence-corrected chi connectivity index (χ3v) is 3.67. The van der Waals surface area contributed by atoms with Gasteiger partial charge >= 0.3 is 6.18 Å². The Hall–Kier alpha value is -2.90. The fraction of sp³-hybridized carbons (Fsp3) is 0.278. The van der Waals surface area contributed by atoms with Gasteiger partial charge in [-0.05, 0) is 43.3 Å². The van der Waals surface area contributed by atoms with Crippen molar-refractivity contribution in [2.45, 2.75) is 19.2 Å². The molecule has 3 rings (SSSR count). The number of anilines is 1. The van der Waals surface area contributed by atoms with Gasteiger partial charge in [-0.1, -0.05) is 0 Å². The van der Waals surface area contributed by atoms with Gasteiger partial charge in [0.2, 0.25) is 0 Å². The predicted molar refractivity (Wildman–Crippen MR) is 87.6 cm³/mol. The quantitative estimate of drug-likeness (QED) is 0.891. The zero-order chi connectivity index (χ0) is 18.7. The van der Waals surface area contributed by atoms with Crippen LogP contribution in [-0.4, -0.2) is 25.2 Å². The minimum Gasteiger partial charge on any atom is -0.486 e. The number of alkyl halides is 3. The van der Waals surface area contributed by atoms with Gasteiger partial charge in [-0.25, -0.2) is 0 Å². The Labute approximate surface area is 147 Å². The van der Waals surface area contributed by atoms with E-state index in [9.17, 15) is 18.0 Å². The van der Waals surface area contributed by atoms with Crippen LogP contribution in [-0.2, 0) is 11.0 Å². The molecule has 1 aliphatic heterocycles. The van der Waals surface area contributed by atoms with Gasteiger partial charge in [-0.15, -0.1) is 0 Å². The van der Waals surface area contributed by atoms with Crippen molar-refractivity contribution in [3.63, 3.8) is 0 Å². The Morgan fingerprint density at radius 3 is 2.38 bits per heavy atom. The second kappa shape index (κ2) is 7.15. The van der Waals surface area contributed by atoms with Gasteiger partial charge in [-0.2, -0.15) is 13.2 Å².